The van der Waals surface area contributed by atoms with E-state index in [4.69, 9.17) is 9.26 Å². The summed E-state index contributed by atoms with van der Waals surface area (Å²) in [6.07, 6.45) is 0. The maximum absolute atomic E-state index is 12.2. The molecule has 142 valence electrons. The van der Waals surface area contributed by atoms with Gasteiger partial charge >= 0.3 is 0 Å². The standard InChI is InChI=1S/C17H18N4O4S2/c1-9-6-14(21-25-9)19-16(23)10(2)26-8-15(22)20-17-18-12-5-4-11(24-3)7-13(12)27-17/h4-7,10H,8H2,1-3H3,(H,18,20,22)(H,19,21,23)/t10-/m1/s1. The largest absolute Gasteiger partial charge is 0.497 e. The number of anilines is 2. The molecule has 3 aromatic rings. The first-order chi connectivity index (χ1) is 12.9. The number of aromatic nitrogens is 2. The van der Waals surface area contributed by atoms with Crippen molar-refractivity contribution in [2.45, 2.75) is 19.1 Å². The minimum atomic E-state index is -0.424. The van der Waals surface area contributed by atoms with E-state index in [1.807, 2.05) is 18.2 Å². The molecule has 2 heterocycles. The van der Waals surface area contributed by atoms with Crippen molar-refractivity contribution in [3.63, 3.8) is 0 Å². The topological polar surface area (TPSA) is 106 Å². The molecule has 0 radical (unpaired) electrons. The van der Waals surface area contributed by atoms with Crippen molar-refractivity contribution >= 4 is 56.1 Å². The lowest BCUT2D eigenvalue weighted by molar-refractivity contribution is -0.115. The monoisotopic (exact) mass is 406 g/mol. The molecule has 0 bridgehead atoms. The lowest BCUT2D eigenvalue weighted by atomic mass is 10.3. The molecule has 3 rings (SSSR count). The van der Waals surface area contributed by atoms with Gasteiger partial charge in [0.05, 0.1) is 28.3 Å². The first-order valence-electron chi connectivity index (χ1n) is 8.05. The number of fused-ring (bicyclic) bond motifs is 1. The average Bonchev–Trinajstić information content (AvgIpc) is 3.23. The van der Waals surface area contributed by atoms with Crippen LogP contribution >= 0.6 is 23.1 Å². The second-order valence-corrected chi connectivity index (χ2v) is 8.03. The van der Waals surface area contributed by atoms with E-state index < -0.39 is 5.25 Å². The molecule has 0 aliphatic carbocycles. The van der Waals surface area contributed by atoms with Crippen molar-refractivity contribution in [2.75, 3.05) is 23.5 Å². The number of thioether (sulfide) groups is 1. The second-order valence-electron chi connectivity index (χ2n) is 5.67. The van der Waals surface area contributed by atoms with E-state index in [2.05, 4.69) is 20.8 Å². The van der Waals surface area contributed by atoms with Gasteiger partial charge in [0.2, 0.25) is 11.8 Å². The predicted molar refractivity (Wildman–Crippen MR) is 107 cm³/mol. The van der Waals surface area contributed by atoms with Gasteiger partial charge < -0.3 is 19.9 Å². The maximum atomic E-state index is 12.2. The van der Waals surface area contributed by atoms with Crippen LogP contribution in [-0.2, 0) is 9.59 Å². The van der Waals surface area contributed by atoms with Crippen LogP contribution in [0.2, 0.25) is 0 Å². The van der Waals surface area contributed by atoms with Gasteiger partial charge in [-0.2, -0.15) is 0 Å². The van der Waals surface area contributed by atoms with Gasteiger partial charge in [-0.1, -0.05) is 16.5 Å². The van der Waals surface area contributed by atoms with Gasteiger partial charge in [0, 0.05) is 6.07 Å². The van der Waals surface area contributed by atoms with Gasteiger partial charge in [0.25, 0.3) is 0 Å². The molecule has 2 amide bonds. The van der Waals surface area contributed by atoms with E-state index in [0.717, 1.165) is 16.0 Å². The minimum absolute atomic E-state index is 0.131. The number of aryl methyl sites for hydroxylation is 1. The highest BCUT2D eigenvalue weighted by atomic mass is 32.2. The van der Waals surface area contributed by atoms with Gasteiger partial charge in [-0.25, -0.2) is 4.98 Å². The van der Waals surface area contributed by atoms with Crippen molar-refractivity contribution in [1.82, 2.24) is 10.1 Å². The summed E-state index contributed by atoms with van der Waals surface area (Å²) in [5, 5.41) is 9.21. The summed E-state index contributed by atoms with van der Waals surface area (Å²) in [6, 6.07) is 7.16. The Kier molecular flexibility index (Phi) is 5.97. The first kappa shape index (κ1) is 19.2. The molecular formula is C17H18N4O4S2. The number of hydrogen-bond donors (Lipinski definition) is 2. The van der Waals surface area contributed by atoms with Gasteiger partial charge in [0.1, 0.15) is 11.5 Å². The number of nitrogens with zero attached hydrogens (tertiary/aromatic N) is 2. The number of methoxy groups -OCH3 is 1. The van der Waals surface area contributed by atoms with Gasteiger partial charge in [-0.3, -0.25) is 9.59 Å². The van der Waals surface area contributed by atoms with Crippen LogP contribution in [0.5, 0.6) is 5.75 Å². The van der Waals surface area contributed by atoms with Crippen molar-refractivity contribution in [2.24, 2.45) is 0 Å². The number of rotatable bonds is 7. The molecule has 10 heteroatoms. The number of benzene rings is 1. The lowest BCUT2D eigenvalue weighted by Crippen LogP contribution is -2.25. The Labute approximate surface area is 163 Å². The second kappa shape index (κ2) is 8.40. The Morgan fingerprint density at radius 1 is 1.33 bits per heavy atom. The summed E-state index contributed by atoms with van der Waals surface area (Å²) in [5.41, 5.74) is 0.791. The molecule has 2 N–H and O–H groups in total. The summed E-state index contributed by atoms with van der Waals surface area (Å²) in [7, 11) is 1.60. The van der Waals surface area contributed by atoms with E-state index >= 15 is 0 Å². The van der Waals surface area contributed by atoms with Crippen LogP contribution in [0.25, 0.3) is 10.2 Å². The summed E-state index contributed by atoms with van der Waals surface area (Å²) in [4.78, 5) is 28.6. The van der Waals surface area contributed by atoms with Crippen molar-refractivity contribution in [1.29, 1.82) is 0 Å². The molecule has 0 saturated carbocycles. The normalized spacial score (nSPS) is 12.0. The van der Waals surface area contributed by atoms with Gasteiger partial charge in [-0.15, -0.1) is 11.8 Å². The zero-order valence-electron chi connectivity index (χ0n) is 14.9. The number of carbonyl (C=O) groups is 2. The Hall–Kier alpha value is -2.59. The third kappa shape index (κ3) is 4.98. The number of nitrogens with one attached hydrogen (secondary N) is 2. The summed E-state index contributed by atoms with van der Waals surface area (Å²) < 4.78 is 11.0. The summed E-state index contributed by atoms with van der Waals surface area (Å²) >= 11 is 2.59. The quantitative estimate of drug-likeness (QED) is 0.620. The van der Waals surface area contributed by atoms with Crippen LogP contribution in [0, 0.1) is 6.92 Å². The van der Waals surface area contributed by atoms with E-state index in [1.54, 1.807) is 27.0 Å². The Morgan fingerprint density at radius 2 is 2.15 bits per heavy atom. The van der Waals surface area contributed by atoms with E-state index in [1.165, 1.54) is 23.1 Å². The zero-order valence-corrected chi connectivity index (χ0v) is 16.6. The van der Waals surface area contributed by atoms with Crippen LogP contribution in [0.4, 0.5) is 10.9 Å². The van der Waals surface area contributed by atoms with Crippen molar-refractivity contribution < 1.29 is 18.8 Å². The molecular weight excluding hydrogens is 388 g/mol. The van der Waals surface area contributed by atoms with Crippen LogP contribution in [0.1, 0.15) is 12.7 Å². The van der Waals surface area contributed by atoms with E-state index in [0.29, 0.717) is 16.7 Å². The first-order valence-corrected chi connectivity index (χ1v) is 9.91. The van der Waals surface area contributed by atoms with Crippen LogP contribution in [-0.4, -0.2) is 40.1 Å². The van der Waals surface area contributed by atoms with E-state index in [-0.39, 0.29) is 17.6 Å². The van der Waals surface area contributed by atoms with Crippen LogP contribution < -0.4 is 15.4 Å². The smallest absolute Gasteiger partial charge is 0.238 e. The fourth-order valence-electron chi connectivity index (χ4n) is 2.17. The van der Waals surface area contributed by atoms with Crippen molar-refractivity contribution in [3.05, 3.63) is 30.0 Å². The Balaban J connectivity index is 1.50. The third-order valence-corrected chi connectivity index (χ3v) is 5.63. The molecule has 1 atom stereocenters. The van der Waals surface area contributed by atoms with E-state index in [9.17, 15) is 9.59 Å². The molecule has 0 saturated heterocycles. The fourth-order valence-corrected chi connectivity index (χ4v) is 3.76. The summed E-state index contributed by atoms with van der Waals surface area (Å²) in [6.45, 7) is 3.47. The molecule has 1 aromatic carbocycles. The molecule has 8 nitrogen and oxygen atoms in total. The number of carbonyl (C=O) groups excluding carboxylic acids is 2. The maximum Gasteiger partial charge on any atom is 0.238 e. The van der Waals surface area contributed by atoms with Crippen molar-refractivity contribution in [3.8, 4) is 5.75 Å². The highest BCUT2D eigenvalue weighted by Gasteiger charge is 2.17. The molecule has 0 aliphatic rings. The van der Waals surface area contributed by atoms with Crippen LogP contribution in [0.15, 0.2) is 28.8 Å². The predicted octanol–water partition coefficient (Wildman–Crippen LogP) is 3.30. The molecule has 27 heavy (non-hydrogen) atoms. The SMILES string of the molecule is COc1ccc2nc(NC(=O)CS[C@H](C)C(=O)Nc3cc(C)on3)sc2c1. The number of hydrogen-bond acceptors (Lipinski definition) is 8. The fraction of sp³-hybridized carbons (Fsp3) is 0.294. The molecule has 0 unspecified atom stereocenters. The number of thiazole rings is 1. The van der Waals surface area contributed by atoms with Crippen LogP contribution in [0.3, 0.4) is 0 Å². The summed E-state index contributed by atoms with van der Waals surface area (Å²) in [5.74, 6) is 1.38. The Morgan fingerprint density at radius 3 is 2.85 bits per heavy atom. The zero-order chi connectivity index (χ0) is 19.4. The molecule has 0 spiro atoms. The Bertz CT molecular complexity index is 969. The third-order valence-electron chi connectivity index (χ3n) is 3.55. The molecule has 0 fully saturated rings. The lowest BCUT2D eigenvalue weighted by Gasteiger charge is -2.09. The number of ether oxygens (including phenoxy) is 1. The van der Waals surface area contributed by atoms with Gasteiger partial charge in [0.15, 0.2) is 10.9 Å². The number of amides is 2. The molecule has 0 aliphatic heterocycles. The van der Waals surface area contributed by atoms with Gasteiger partial charge in [-0.05, 0) is 32.0 Å². The highest BCUT2D eigenvalue weighted by Crippen LogP contribution is 2.29. The average molecular weight is 406 g/mol. The minimum Gasteiger partial charge on any atom is -0.497 e. The molecule has 2 aromatic heterocycles. The highest BCUT2D eigenvalue weighted by molar-refractivity contribution is 8.01.